The zero-order chi connectivity index (χ0) is 16.3. The summed E-state index contributed by atoms with van der Waals surface area (Å²) in [7, 11) is -0.571. The van der Waals surface area contributed by atoms with Crippen molar-refractivity contribution in [1.82, 2.24) is 0 Å². The van der Waals surface area contributed by atoms with Gasteiger partial charge in [0.05, 0.1) is 26.9 Å². The average Bonchev–Trinajstić information content (AvgIpc) is 2.63. The van der Waals surface area contributed by atoms with Gasteiger partial charge in [-0.05, 0) is 39.7 Å². The van der Waals surface area contributed by atoms with Crippen LogP contribution in [0.2, 0.25) is 10.0 Å². The van der Waals surface area contributed by atoms with E-state index in [-0.39, 0.29) is 5.91 Å². The minimum Gasteiger partial charge on any atom is -0.399 e. The molecule has 1 saturated heterocycles. The van der Waals surface area contributed by atoms with Gasteiger partial charge in [-0.15, -0.1) is 0 Å². The molecule has 2 heterocycles. The van der Waals surface area contributed by atoms with Gasteiger partial charge in [-0.3, -0.25) is 4.79 Å². The van der Waals surface area contributed by atoms with E-state index in [1.807, 2.05) is 33.8 Å². The predicted octanol–water partition coefficient (Wildman–Crippen LogP) is 3.18. The summed E-state index contributed by atoms with van der Waals surface area (Å²) in [5.74, 6) is -0.0474. The lowest BCUT2D eigenvalue weighted by molar-refractivity contribution is -0.116. The van der Waals surface area contributed by atoms with Crippen LogP contribution in [0.3, 0.4) is 0 Å². The molecule has 0 saturated carbocycles. The van der Waals surface area contributed by atoms with E-state index in [0.29, 0.717) is 34.0 Å². The number of amides is 1. The standard InChI is InChI=1S/C15H18BCl2NO3/c1-14(2)15(3,4)22-16(21-14)9-7-8-5-6-10(20)19-13(8)12(18)11(9)17/h7H,5-6H2,1-4H3,(H,19,20). The molecule has 4 nitrogen and oxygen atoms in total. The third-order valence-corrected chi connectivity index (χ3v) is 5.59. The van der Waals surface area contributed by atoms with Crippen LogP contribution in [-0.4, -0.2) is 24.2 Å². The fourth-order valence-corrected chi connectivity index (χ4v) is 3.14. The third kappa shape index (κ3) is 2.44. The van der Waals surface area contributed by atoms with Gasteiger partial charge in [0.15, 0.2) is 0 Å². The number of hydrogen-bond acceptors (Lipinski definition) is 3. The summed E-state index contributed by atoms with van der Waals surface area (Å²) >= 11 is 12.7. The van der Waals surface area contributed by atoms with Crippen LogP contribution in [-0.2, 0) is 20.5 Å². The molecule has 0 radical (unpaired) electrons. The van der Waals surface area contributed by atoms with Crippen LogP contribution in [0.4, 0.5) is 5.69 Å². The van der Waals surface area contributed by atoms with E-state index in [9.17, 15) is 4.79 Å². The lowest BCUT2D eigenvalue weighted by Crippen LogP contribution is -2.41. The molecule has 2 aliphatic rings. The van der Waals surface area contributed by atoms with Gasteiger partial charge in [-0.1, -0.05) is 29.3 Å². The van der Waals surface area contributed by atoms with E-state index < -0.39 is 18.3 Å². The Kier molecular flexibility index (Phi) is 3.76. The Labute approximate surface area is 140 Å². The lowest BCUT2D eigenvalue weighted by atomic mass is 9.77. The number of nitrogens with one attached hydrogen (secondary N) is 1. The minimum absolute atomic E-state index is 0.0474. The van der Waals surface area contributed by atoms with E-state index >= 15 is 0 Å². The molecule has 3 rings (SSSR count). The number of carbonyl (C=O) groups excluding carboxylic acids is 1. The molecule has 1 aromatic rings. The molecule has 0 unspecified atom stereocenters. The molecule has 0 atom stereocenters. The number of benzene rings is 1. The zero-order valence-corrected chi connectivity index (χ0v) is 14.6. The van der Waals surface area contributed by atoms with E-state index in [1.165, 1.54) is 0 Å². The second-order valence-electron chi connectivity index (χ2n) is 6.76. The van der Waals surface area contributed by atoms with Crippen LogP contribution >= 0.6 is 23.2 Å². The highest BCUT2D eigenvalue weighted by atomic mass is 35.5. The zero-order valence-electron chi connectivity index (χ0n) is 13.0. The Hall–Kier alpha value is -0.745. The van der Waals surface area contributed by atoms with E-state index in [4.69, 9.17) is 32.5 Å². The van der Waals surface area contributed by atoms with Crippen LogP contribution in [0.15, 0.2) is 6.07 Å². The lowest BCUT2D eigenvalue weighted by Gasteiger charge is -2.32. The van der Waals surface area contributed by atoms with Crippen LogP contribution < -0.4 is 10.8 Å². The number of halogens is 2. The maximum Gasteiger partial charge on any atom is 0.496 e. The van der Waals surface area contributed by atoms with Gasteiger partial charge in [0, 0.05) is 11.9 Å². The fraction of sp³-hybridized carbons (Fsp3) is 0.533. The largest absolute Gasteiger partial charge is 0.496 e. The first-order valence-electron chi connectivity index (χ1n) is 7.28. The van der Waals surface area contributed by atoms with Gasteiger partial charge in [0.2, 0.25) is 5.91 Å². The summed E-state index contributed by atoms with van der Waals surface area (Å²) in [6, 6.07) is 1.92. The normalized spacial score (nSPS) is 22.5. The second kappa shape index (κ2) is 5.13. The van der Waals surface area contributed by atoms with Crippen LogP contribution in [0.25, 0.3) is 0 Å². The predicted molar refractivity (Wildman–Crippen MR) is 89.1 cm³/mol. The van der Waals surface area contributed by atoms with Crippen molar-refractivity contribution in [3.05, 3.63) is 21.7 Å². The monoisotopic (exact) mass is 341 g/mol. The Bertz CT molecular complexity index is 645. The first-order chi connectivity index (χ1) is 10.1. The molecule has 0 bridgehead atoms. The number of fused-ring (bicyclic) bond motifs is 1. The summed E-state index contributed by atoms with van der Waals surface area (Å²) in [6.07, 6.45) is 1.07. The van der Waals surface area contributed by atoms with E-state index in [0.717, 1.165) is 5.56 Å². The summed E-state index contributed by atoms with van der Waals surface area (Å²) in [4.78, 5) is 11.5. The van der Waals surface area contributed by atoms with Gasteiger partial charge in [0.25, 0.3) is 0 Å². The van der Waals surface area contributed by atoms with Crippen molar-refractivity contribution in [2.45, 2.75) is 51.7 Å². The third-order valence-electron chi connectivity index (χ3n) is 4.71. The first kappa shape index (κ1) is 16.1. The molecule has 2 aliphatic heterocycles. The molecule has 118 valence electrons. The molecule has 1 amide bonds. The molecule has 1 N–H and O–H groups in total. The highest BCUT2D eigenvalue weighted by Gasteiger charge is 2.52. The fourth-order valence-electron chi connectivity index (χ4n) is 2.62. The summed E-state index contributed by atoms with van der Waals surface area (Å²) < 4.78 is 12.1. The Balaban J connectivity index is 2.03. The second-order valence-corrected chi connectivity index (χ2v) is 7.52. The van der Waals surface area contributed by atoms with Crippen LogP contribution in [0.5, 0.6) is 0 Å². The molecule has 0 spiro atoms. The maximum atomic E-state index is 11.5. The minimum atomic E-state index is -0.571. The van der Waals surface area contributed by atoms with E-state index in [2.05, 4.69) is 5.32 Å². The Morgan fingerprint density at radius 3 is 2.27 bits per heavy atom. The molecule has 22 heavy (non-hydrogen) atoms. The summed E-state index contributed by atoms with van der Waals surface area (Å²) in [5.41, 5.74) is 1.37. The summed E-state index contributed by atoms with van der Waals surface area (Å²) in [5, 5.41) is 3.49. The van der Waals surface area contributed by atoms with Gasteiger partial charge >= 0.3 is 7.12 Å². The average molecular weight is 342 g/mol. The molecular weight excluding hydrogens is 324 g/mol. The highest BCUT2D eigenvalue weighted by Crippen LogP contribution is 2.40. The Morgan fingerprint density at radius 1 is 1.09 bits per heavy atom. The smallest absolute Gasteiger partial charge is 0.399 e. The SMILES string of the molecule is CC1(C)OB(c2cc3c(c(Cl)c2Cl)NC(=O)CC3)OC1(C)C. The number of anilines is 1. The number of hydrogen-bond donors (Lipinski definition) is 1. The van der Waals surface area contributed by atoms with Gasteiger partial charge in [-0.2, -0.15) is 0 Å². The Morgan fingerprint density at radius 2 is 1.68 bits per heavy atom. The van der Waals surface area contributed by atoms with Crippen molar-refractivity contribution in [1.29, 1.82) is 0 Å². The number of rotatable bonds is 1. The number of carbonyl (C=O) groups is 1. The molecular formula is C15H18BCl2NO3. The quantitative estimate of drug-likeness (QED) is 0.798. The molecule has 0 aliphatic carbocycles. The molecule has 0 aromatic heterocycles. The molecule has 7 heteroatoms. The van der Waals surface area contributed by atoms with Gasteiger partial charge in [0.1, 0.15) is 0 Å². The van der Waals surface area contributed by atoms with Crippen molar-refractivity contribution in [3.63, 3.8) is 0 Å². The molecule has 1 aromatic carbocycles. The first-order valence-corrected chi connectivity index (χ1v) is 8.04. The highest BCUT2D eigenvalue weighted by molar-refractivity contribution is 6.67. The van der Waals surface area contributed by atoms with E-state index in [1.54, 1.807) is 0 Å². The topological polar surface area (TPSA) is 47.6 Å². The van der Waals surface area contributed by atoms with Crippen molar-refractivity contribution < 1.29 is 14.1 Å². The van der Waals surface area contributed by atoms with Crippen molar-refractivity contribution in [3.8, 4) is 0 Å². The van der Waals surface area contributed by atoms with Crippen molar-refractivity contribution >= 4 is 47.4 Å². The molecule has 1 fully saturated rings. The number of aryl methyl sites for hydroxylation is 1. The van der Waals surface area contributed by atoms with Crippen molar-refractivity contribution in [2.75, 3.05) is 5.32 Å². The maximum absolute atomic E-state index is 11.5. The van der Waals surface area contributed by atoms with Crippen LogP contribution in [0.1, 0.15) is 39.7 Å². The van der Waals surface area contributed by atoms with Crippen LogP contribution in [0, 0.1) is 0 Å². The summed E-state index contributed by atoms with van der Waals surface area (Å²) in [6.45, 7) is 7.95. The van der Waals surface area contributed by atoms with Gasteiger partial charge < -0.3 is 14.6 Å². The van der Waals surface area contributed by atoms with Gasteiger partial charge in [-0.25, -0.2) is 0 Å². The van der Waals surface area contributed by atoms with Crippen molar-refractivity contribution in [2.24, 2.45) is 0 Å².